The molecule has 0 saturated carbocycles. The van der Waals surface area contributed by atoms with E-state index < -0.39 is 0 Å². The lowest BCUT2D eigenvalue weighted by Gasteiger charge is -2.13. The van der Waals surface area contributed by atoms with Gasteiger partial charge in [-0.15, -0.1) is 0 Å². The molecule has 0 aliphatic carbocycles. The van der Waals surface area contributed by atoms with Crippen LogP contribution in [0.4, 0.5) is 0 Å². The van der Waals surface area contributed by atoms with Crippen molar-refractivity contribution in [3.05, 3.63) is 101 Å². The molecule has 0 radical (unpaired) electrons. The molecule has 2 N–H and O–H groups in total. The number of nitrogens with one attached hydrogen (secondary N) is 2. The molecule has 2 aliphatic rings. The maximum Gasteiger partial charge on any atom is 0.137 e. The van der Waals surface area contributed by atoms with Crippen molar-refractivity contribution in [3.63, 3.8) is 0 Å². The first-order valence-corrected chi connectivity index (χ1v) is 10.7. The highest BCUT2D eigenvalue weighted by atomic mass is 32.2. The maximum atomic E-state index is 4.88. The minimum atomic E-state index is 0.0103. The summed E-state index contributed by atoms with van der Waals surface area (Å²) in [5, 5.41) is 11.0. The van der Waals surface area contributed by atoms with Crippen LogP contribution in [0.15, 0.2) is 89.1 Å². The first-order chi connectivity index (χ1) is 13.9. The smallest absolute Gasteiger partial charge is 0.137 e. The van der Waals surface area contributed by atoms with Crippen molar-refractivity contribution >= 4 is 33.6 Å². The van der Waals surface area contributed by atoms with Gasteiger partial charge in [-0.05, 0) is 12.1 Å². The normalized spacial score (nSPS) is 20.9. The van der Waals surface area contributed by atoms with Crippen LogP contribution in [-0.2, 0) is 0 Å². The SMILES string of the molecule is c1ccc(C2=NNC(c3cccc(C4NN=C(c5ccccc5)S4)n3)S2)cc1. The molecular formula is C21H17N5S2. The fourth-order valence-corrected chi connectivity index (χ4v) is 4.92. The largest absolute Gasteiger partial charge is 0.289 e. The number of nitrogens with zero attached hydrogens (tertiary/aromatic N) is 3. The summed E-state index contributed by atoms with van der Waals surface area (Å²) in [5.74, 6) is 0. The van der Waals surface area contributed by atoms with Gasteiger partial charge < -0.3 is 0 Å². The Balaban J connectivity index is 1.29. The van der Waals surface area contributed by atoms with Crippen LogP contribution in [-0.4, -0.2) is 15.1 Å². The molecule has 3 aromatic rings. The number of pyridine rings is 1. The predicted molar refractivity (Wildman–Crippen MR) is 117 cm³/mol. The molecule has 7 heteroatoms. The van der Waals surface area contributed by atoms with Crippen LogP contribution in [0.25, 0.3) is 0 Å². The van der Waals surface area contributed by atoms with E-state index >= 15 is 0 Å². The van der Waals surface area contributed by atoms with Crippen LogP contribution in [0.5, 0.6) is 0 Å². The quantitative estimate of drug-likeness (QED) is 0.673. The standard InChI is InChI=1S/C21H17N5S2/c1-3-8-14(9-4-1)18-23-25-20(27-18)16-12-7-13-17(22-16)21-26-24-19(28-21)15-10-5-2-6-11-15/h1-13,20-21,25-26H. The maximum absolute atomic E-state index is 4.88. The lowest BCUT2D eigenvalue weighted by atomic mass is 10.2. The molecule has 0 spiro atoms. The zero-order valence-electron chi connectivity index (χ0n) is 14.8. The van der Waals surface area contributed by atoms with E-state index in [1.807, 2.05) is 54.6 Å². The van der Waals surface area contributed by atoms with Gasteiger partial charge in [0.1, 0.15) is 20.8 Å². The number of hydrogen-bond donors (Lipinski definition) is 2. The molecule has 3 heterocycles. The van der Waals surface area contributed by atoms with Crippen LogP contribution in [0, 0.1) is 0 Å². The van der Waals surface area contributed by atoms with Crippen molar-refractivity contribution in [2.75, 3.05) is 0 Å². The number of aromatic nitrogens is 1. The summed E-state index contributed by atoms with van der Waals surface area (Å²) in [6.07, 6.45) is 0. The number of thioether (sulfide) groups is 2. The Hall–Kier alpha value is -2.77. The van der Waals surface area contributed by atoms with Crippen molar-refractivity contribution in [2.24, 2.45) is 10.2 Å². The van der Waals surface area contributed by atoms with Crippen molar-refractivity contribution in [1.29, 1.82) is 0 Å². The molecule has 0 saturated heterocycles. The third-order valence-electron chi connectivity index (χ3n) is 4.40. The summed E-state index contributed by atoms with van der Waals surface area (Å²) in [6.45, 7) is 0. The Morgan fingerprint density at radius 3 is 1.50 bits per heavy atom. The fourth-order valence-electron chi connectivity index (χ4n) is 3.00. The van der Waals surface area contributed by atoms with Gasteiger partial charge in [0.2, 0.25) is 0 Å². The van der Waals surface area contributed by atoms with Crippen molar-refractivity contribution in [1.82, 2.24) is 15.8 Å². The van der Waals surface area contributed by atoms with Crippen LogP contribution >= 0.6 is 23.5 Å². The third-order valence-corrected chi connectivity index (χ3v) is 6.66. The number of hydrogen-bond acceptors (Lipinski definition) is 7. The Kier molecular flexibility index (Phi) is 4.76. The summed E-state index contributed by atoms with van der Waals surface area (Å²) in [4.78, 5) is 4.88. The second kappa shape index (κ2) is 7.69. The van der Waals surface area contributed by atoms with Gasteiger partial charge in [-0.2, -0.15) is 10.2 Å². The molecule has 2 aromatic carbocycles. The van der Waals surface area contributed by atoms with Crippen LogP contribution in [0.1, 0.15) is 33.3 Å². The summed E-state index contributed by atoms with van der Waals surface area (Å²) in [6, 6.07) is 26.5. The van der Waals surface area contributed by atoms with Gasteiger partial charge in [0, 0.05) is 11.1 Å². The number of hydrazone groups is 2. The zero-order chi connectivity index (χ0) is 18.8. The molecule has 1 aromatic heterocycles. The highest BCUT2D eigenvalue weighted by Gasteiger charge is 2.26. The van der Waals surface area contributed by atoms with Crippen LogP contribution in [0.3, 0.4) is 0 Å². The highest BCUT2D eigenvalue weighted by Crippen LogP contribution is 2.36. The second-order valence-electron chi connectivity index (χ2n) is 6.31. The van der Waals surface area contributed by atoms with Gasteiger partial charge in [0.05, 0.1) is 11.4 Å². The Morgan fingerprint density at radius 2 is 1.04 bits per heavy atom. The van der Waals surface area contributed by atoms with Crippen LogP contribution < -0.4 is 10.9 Å². The molecule has 138 valence electrons. The van der Waals surface area contributed by atoms with Crippen molar-refractivity contribution in [3.8, 4) is 0 Å². The lowest BCUT2D eigenvalue weighted by Crippen LogP contribution is -2.13. The van der Waals surface area contributed by atoms with E-state index in [2.05, 4.69) is 45.3 Å². The van der Waals surface area contributed by atoms with Gasteiger partial charge in [-0.1, -0.05) is 90.3 Å². The predicted octanol–water partition coefficient (Wildman–Crippen LogP) is 4.48. The molecule has 2 atom stereocenters. The summed E-state index contributed by atoms with van der Waals surface area (Å²) in [5.41, 5.74) is 10.6. The monoisotopic (exact) mass is 403 g/mol. The van der Waals surface area contributed by atoms with Gasteiger partial charge in [0.15, 0.2) is 0 Å². The summed E-state index contributed by atoms with van der Waals surface area (Å²) in [7, 11) is 0. The average molecular weight is 404 g/mol. The number of rotatable bonds is 4. The topological polar surface area (TPSA) is 61.7 Å². The molecule has 2 unspecified atom stereocenters. The first kappa shape index (κ1) is 17.3. The minimum Gasteiger partial charge on any atom is -0.289 e. The Bertz CT molecular complexity index is 956. The summed E-state index contributed by atoms with van der Waals surface area (Å²) < 4.78 is 0. The van der Waals surface area contributed by atoms with E-state index in [9.17, 15) is 0 Å². The van der Waals surface area contributed by atoms with E-state index in [1.165, 1.54) is 0 Å². The lowest BCUT2D eigenvalue weighted by molar-refractivity contribution is 0.692. The second-order valence-corrected chi connectivity index (χ2v) is 8.49. The Morgan fingerprint density at radius 1 is 0.571 bits per heavy atom. The fraction of sp³-hybridized carbons (Fsp3) is 0.0952. The van der Waals surface area contributed by atoms with Crippen molar-refractivity contribution < 1.29 is 0 Å². The van der Waals surface area contributed by atoms with E-state index in [1.54, 1.807) is 23.5 Å². The zero-order valence-corrected chi connectivity index (χ0v) is 16.5. The minimum absolute atomic E-state index is 0.0103. The van der Waals surface area contributed by atoms with E-state index in [0.29, 0.717) is 0 Å². The molecular weight excluding hydrogens is 386 g/mol. The molecule has 0 bridgehead atoms. The van der Waals surface area contributed by atoms with Gasteiger partial charge in [-0.3, -0.25) is 15.8 Å². The Labute approximate surface area is 171 Å². The first-order valence-electron chi connectivity index (χ1n) is 8.94. The molecule has 2 aliphatic heterocycles. The summed E-state index contributed by atoms with van der Waals surface area (Å²) >= 11 is 3.37. The molecule has 0 amide bonds. The van der Waals surface area contributed by atoms with Gasteiger partial charge in [-0.25, -0.2) is 0 Å². The van der Waals surface area contributed by atoms with Crippen molar-refractivity contribution in [2.45, 2.75) is 10.7 Å². The van der Waals surface area contributed by atoms with E-state index in [-0.39, 0.29) is 10.7 Å². The molecule has 28 heavy (non-hydrogen) atoms. The highest BCUT2D eigenvalue weighted by molar-refractivity contribution is 8.15. The molecule has 5 rings (SSSR count). The molecule has 0 fully saturated rings. The van der Waals surface area contributed by atoms with E-state index in [0.717, 1.165) is 32.6 Å². The molecule has 5 nitrogen and oxygen atoms in total. The third kappa shape index (κ3) is 3.50. The van der Waals surface area contributed by atoms with Gasteiger partial charge >= 0.3 is 0 Å². The number of benzene rings is 2. The van der Waals surface area contributed by atoms with Gasteiger partial charge in [0.25, 0.3) is 0 Å². The average Bonchev–Trinajstić information content (AvgIpc) is 3.46. The van der Waals surface area contributed by atoms with E-state index in [4.69, 9.17) is 4.98 Å². The van der Waals surface area contributed by atoms with Crippen LogP contribution in [0.2, 0.25) is 0 Å².